The molecular weight excluding hydrogens is 290 g/mol. The zero-order valence-electron chi connectivity index (χ0n) is 11.3. The predicted molar refractivity (Wildman–Crippen MR) is 87.0 cm³/mol. The molecule has 20 heavy (non-hydrogen) atoms. The Labute approximate surface area is 129 Å². The van der Waals surface area contributed by atoms with Gasteiger partial charge in [-0.05, 0) is 43.3 Å². The Bertz CT molecular complexity index is 527. The van der Waals surface area contributed by atoms with E-state index in [0.717, 1.165) is 5.69 Å². The van der Waals surface area contributed by atoms with Gasteiger partial charge in [-0.2, -0.15) is 0 Å². The average Bonchev–Trinajstić information content (AvgIpc) is 2.48. The maximum absolute atomic E-state index is 9.39. The van der Waals surface area contributed by atoms with E-state index >= 15 is 0 Å². The minimum Gasteiger partial charge on any atom is -0.390 e. The highest BCUT2D eigenvalue weighted by Gasteiger charge is 2.02. The number of benzene rings is 2. The molecule has 0 saturated heterocycles. The molecule has 0 aromatic heterocycles. The van der Waals surface area contributed by atoms with E-state index in [1.807, 2.05) is 12.1 Å². The monoisotopic (exact) mass is 307 g/mol. The minimum atomic E-state index is -0.515. The van der Waals surface area contributed by atoms with Crippen molar-refractivity contribution in [1.82, 2.24) is 0 Å². The van der Waals surface area contributed by atoms with Crippen molar-refractivity contribution >= 4 is 29.1 Å². The number of hydrogen-bond acceptors (Lipinski definition) is 3. The highest BCUT2D eigenvalue weighted by Crippen LogP contribution is 2.28. The van der Waals surface area contributed by atoms with Gasteiger partial charge in [-0.25, -0.2) is 0 Å². The van der Waals surface area contributed by atoms with Crippen molar-refractivity contribution in [2.45, 2.75) is 22.8 Å². The number of hydrogen-bond donors (Lipinski definition) is 2. The van der Waals surface area contributed by atoms with Gasteiger partial charge in [0.15, 0.2) is 0 Å². The molecule has 106 valence electrons. The first-order chi connectivity index (χ1) is 9.67. The Morgan fingerprint density at radius 3 is 2.15 bits per heavy atom. The van der Waals surface area contributed by atoms with Gasteiger partial charge in [0.25, 0.3) is 0 Å². The standard InChI is InChI=1S/C16H18ClNOS/c1-12-2-6-15(7-3-12)20-16-8-4-13(5-9-16)18-11-14(19)10-17/h2-9,14,18-19H,10-11H2,1H3. The molecule has 0 aliphatic carbocycles. The number of aryl methyl sites for hydroxylation is 1. The second kappa shape index (κ2) is 7.58. The third kappa shape index (κ3) is 4.75. The van der Waals surface area contributed by atoms with Gasteiger partial charge in [-0.3, -0.25) is 0 Å². The summed E-state index contributed by atoms with van der Waals surface area (Å²) >= 11 is 7.29. The molecule has 0 aliphatic heterocycles. The molecule has 2 aromatic rings. The van der Waals surface area contributed by atoms with Crippen LogP contribution in [0.2, 0.25) is 0 Å². The first kappa shape index (κ1) is 15.2. The maximum Gasteiger partial charge on any atom is 0.0847 e. The second-order valence-corrected chi connectivity index (χ2v) is 6.08. The lowest BCUT2D eigenvalue weighted by atomic mass is 10.2. The lowest BCUT2D eigenvalue weighted by Crippen LogP contribution is -2.20. The van der Waals surface area contributed by atoms with Gasteiger partial charge in [-0.15, -0.1) is 11.6 Å². The molecule has 0 saturated carbocycles. The predicted octanol–water partition coefficient (Wildman–Crippen LogP) is 4.16. The van der Waals surface area contributed by atoms with Crippen molar-refractivity contribution in [3.8, 4) is 0 Å². The fourth-order valence-electron chi connectivity index (χ4n) is 1.67. The van der Waals surface area contributed by atoms with Crippen molar-refractivity contribution in [2.75, 3.05) is 17.7 Å². The van der Waals surface area contributed by atoms with Gasteiger partial charge in [0.1, 0.15) is 0 Å². The summed E-state index contributed by atoms with van der Waals surface area (Å²) < 4.78 is 0. The van der Waals surface area contributed by atoms with E-state index in [9.17, 15) is 5.11 Å². The van der Waals surface area contributed by atoms with Crippen molar-refractivity contribution < 1.29 is 5.11 Å². The summed E-state index contributed by atoms with van der Waals surface area (Å²) in [6.45, 7) is 2.55. The molecule has 2 N–H and O–H groups in total. The van der Waals surface area contributed by atoms with Crippen LogP contribution in [0.25, 0.3) is 0 Å². The Kier molecular flexibility index (Phi) is 5.77. The van der Waals surface area contributed by atoms with Gasteiger partial charge < -0.3 is 10.4 Å². The summed E-state index contributed by atoms with van der Waals surface area (Å²) in [6, 6.07) is 16.7. The van der Waals surface area contributed by atoms with Gasteiger partial charge in [0.05, 0.1) is 12.0 Å². The molecule has 0 bridgehead atoms. The van der Waals surface area contributed by atoms with E-state index in [0.29, 0.717) is 6.54 Å². The molecular formula is C16H18ClNOS. The first-order valence-corrected chi connectivity index (χ1v) is 7.85. The zero-order valence-corrected chi connectivity index (χ0v) is 12.9. The smallest absolute Gasteiger partial charge is 0.0847 e. The minimum absolute atomic E-state index is 0.244. The zero-order chi connectivity index (χ0) is 14.4. The maximum atomic E-state index is 9.39. The largest absolute Gasteiger partial charge is 0.390 e. The molecule has 2 rings (SSSR count). The van der Waals surface area contributed by atoms with Crippen LogP contribution in [0.4, 0.5) is 5.69 Å². The fourth-order valence-corrected chi connectivity index (χ4v) is 2.60. The molecule has 0 amide bonds. The molecule has 0 radical (unpaired) electrons. The van der Waals surface area contributed by atoms with Crippen LogP contribution in [-0.2, 0) is 0 Å². The molecule has 0 fully saturated rings. The molecule has 2 nitrogen and oxygen atoms in total. The van der Waals surface area contributed by atoms with Crippen molar-refractivity contribution in [3.63, 3.8) is 0 Å². The molecule has 0 aliphatic rings. The second-order valence-electron chi connectivity index (χ2n) is 4.63. The molecule has 2 aromatic carbocycles. The van der Waals surface area contributed by atoms with E-state index in [4.69, 9.17) is 11.6 Å². The summed E-state index contributed by atoms with van der Waals surface area (Å²) in [7, 11) is 0. The van der Waals surface area contributed by atoms with E-state index in [1.165, 1.54) is 15.4 Å². The van der Waals surface area contributed by atoms with Crippen LogP contribution >= 0.6 is 23.4 Å². The summed E-state index contributed by atoms with van der Waals surface area (Å²) in [5.41, 5.74) is 2.26. The van der Waals surface area contributed by atoms with Crippen LogP contribution < -0.4 is 5.32 Å². The first-order valence-electron chi connectivity index (χ1n) is 6.50. The van der Waals surface area contributed by atoms with Crippen LogP contribution in [0.3, 0.4) is 0 Å². The third-order valence-electron chi connectivity index (χ3n) is 2.83. The normalized spacial score (nSPS) is 12.2. The molecule has 0 spiro atoms. The van der Waals surface area contributed by atoms with Crippen molar-refractivity contribution in [1.29, 1.82) is 0 Å². The van der Waals surface area contributed by atoms with Crippen LogP contribution in [0, 0.1) is 6.92 Å². The Morgan fingerprint density at radius 2 is 1.60 bits per heavy atom. The average molecular weight is 308 g/mol. The Balaban J connectivity index is 1.92. The topological polar surface area (TPSA) is 32.3 Å². The van der Waals surface area contributed by atoms with Gasteiger partial charge in [0.2, 0.25) is 0 Å². The van der Waals surface area contributed by atoms with Gasteiger partial charge in [-0.1, -0.05) is 29.5 Å². The fraction of sp³-hybridized carbons (Fsp3) is 0.250. The lowest BCUT2D eigenvalue weighted by molar-refractivity contribution is 0.211. The summed E-state index contributed by atoms with van der Waals surface area (Å²) in [6.07, 6.45) is -0.515. The Morgan fingerprint density at radius 1 is 1.05 bits per heavy atom. The van der Waals surface area contributed by atoms with Crippen molar-refractivity contribution in [2.24, 2.45) is 0 Å². The summed E-state index contributed by atoms with van der Waals surface area (Å²) in [5.74, 6) is 0.244. The van der Waals surface area contributed by atoms with Crippen LogP contribution in [0.5, 0.6) is 0 Å². The summed E-state index contributed by atoms with van der Waals surface area (Å²) in [5, 5.41) is 12.5. The number of nitrogens with one attached hydrogen (secondary N) is 1. The number of aliphatic hydroxyl groups is 1. The van der Waals surface area contributed by atoms with E-state index in [1.54, 1.807) is 11.8 Å². The van der Waals surface area contributed by atoms with E-state index < -0.39 is 6.10 Å². The molecule has 1 atom stereocenters. The molecule has 1 unspecified atom stereocenters. The van der Waals surface area contributed by atoms with Crippen LogP contribution in [0.1, 0.15) is 5.56 Å². The van der Waals surface area contributed by atoms with Gasteiger partial charge >= 0.3 is 0 Å². The molecule has 0 heterocycles. The van der Waals surface area contributed by atoms with E-state index in [-0.39, 0.29) is 5.88 Å². The number of halogens is 1. The number of aliphatic hydroxyl groups excluding tert-OH is 1. The van der Waals surface area contributed by atoms with Gasteiger partial charge in [0, 0.05) is 22.0 Å². The number of anilines is 1. The van der Waals surface area contributed by atoms with Crippen LogP contribution in [0.15, 0.2) is 58.3 Å². The van der Waals surface area contributed by atoms with Crippen molar-refractivity contribution in [3.05, 3.63) is 54.1 Å². The summed E-state index contributed by atoms with van der Waals surface area (Å²) in [4.78, 5) is 2.42. The molecule has 4 heteroatoms. The highest BCUT2D eigenvalue weighted by atomic mass is 35.5. The van der Waals surface area contributed by atoms with Crippen LogP contribution in [-0.4, -0.2) is 23.6 Å². The number of alkyl halides is 1. The third-order valence-corrected chi connectivity index (χ3v) is 4.20. The number of rotatable bonds is 6. The SMILES string of the molecule is Cc1ccc(Sc2ccc(NCC(O)CCl)cc2)cc1. The highest BCUT2D eigenvalue weighted by molar-refractivity contribution is 7.99. The quantitative estimate of drug-likeness (QED) is 0.786. The lowest BCUT2D eigenvalue weighted by Gasteiger charge is -2.10. The van der Waals surface area contributed by atoms with E-state index in [2.05, 4.69) is 48.6 Å². The Hall–Kier alpha value is -1.16.